The average molecular weight is 336 g/mol. The summed E-state index contributed by atoms with van der Waals surface area (Å²) in [5.41, 5.74) is 3.98. The number of para-hydroxylation sites is 1. The summed E-state index contributed by atoms with van der Waals surface area (Å²) >= 11 is 1.82. The molecule has 0 aliphatic heterocycles. The van der Waals surface area contributed by atoms with E-state index in [1.165, 1.54) is 11.1 Å². The van der Waals surface area contributed by atoms with Gasteiger partial charge in [0.05, 0.1) is 11.1 Å². The Morgan fingerprint density at radius 3 is 2.71 bits per heavy atom. The lowest BCUT2D eigenvalue weighted by Gasteiger charge is -2.07. The first-order chi connectivity index (χ1) is 11.7. The third kappa shape index (κ3) is 4.15. The second-order valence-electron chi connectivity index (χ2n) is 5.67. The number of rotatable bonds is 6. The molecule has 1 amide bonds. The smallest absolute Gasteiger partial charge is 0.253 e. The summed E-state index contributed by atoms with van der Waals surface area (Å²) in [4.78, 5) is 16.7. The van der Waals surface area contributed by atoms with Crippen molar-refractivity contribution in [3.05, 3.63) is 77.5 Å². The fourth-order valence-corrected chi connectivity index (χ4v) is 3.31. The first-order valence-corrected chi connectivity index (χ1v) is 9.15. The summed E-state index contributed by atoms with van der Waals surface area (Å²) in [6.07, 6.45) is 1.72. The Kier molecular flexibility index (Phi) is 5.49. The van der Waals surface area contributed by atoms with Gasteiger partial charge in [-0.15, -0.1) is 0 Å². The number of nitrogens with one attached hydrogen (secondary N) is 1. The van der Waals surface area contributed by atoms with E-state index in [4.69, 9.17) is 0 Å². The predicted octanol–water partition coefficient (Wildman–Crippen LogP) is 4.21. The first-order valence-electron chi connectivity index (χ1n) is 7.99. The van der Waals surface area contributed by atoms with Gasteiger partial charge >= 0.3 is 0 Å². The van der Waals surface area contributed by atoms with Crippen molar-refractivity contribution in [1.29, 1.82) is 0 Å². The molecule has 0 spiro atoms. The Bertz CT molecular complexity index is 825. The molecule has 0 aliphatic carbocycles. The molecule has 1 heterocycles. The lowest BCUT2D eigenvalue weighted by atomic mass is 10.1. The fraction of sp³-hybridized carbons (Fsp3) is 0.200. The fourth-order valence-electron chi connectivity index (χ4n) is 2.49. The minimum atomic E-state index is -0.0600. The van der Waals surface area contributed by atoms with Crippen molar-refractivity contribution in [3.63, 3.8) is 0 Å². The zero-order chi connectivity index (χ0) is 16.8. The van der Waals surface area contributed by atoms with Crippen LogP contribution in [0, 0.1) is 6.92 Å². The van der Waals surface area contributed by atoms with Crippen LogP contribution in [0.1, 0.15) is 21.5 Å². The molecule has 1 N–H and O–H groups in total. The monoisotopic (exact) mass is 336 g/mol. The molecule has 0 fully saturated rings. The molecule has 4 heteroatoms. The lowest BCUT2D eigenvalue weighted by molar-refractivity contribution is 0.0957. The van der Waals surface area contributed by atoms with Gasteiger partial charge in [-0.1, -0.05) is 48.0 Å². The van der Waals surface area contributed by atoms with Gasteiger partial charge in [0, 0.05) is 29.6 Å². The van der Waals surface area contributed by atoms with E-state index < -0.39 is 0 Å². The van der Waals surface area contributed by atoms with Crippen molar-refractivity contribution in [2.45, 2.75) is 12.7 Å². The highest BCUT2D eigenvalue weighted by molar-refractivity contribution is 7.98. The number of amides is 1. The summed E-state index contributed by atoms with van der Waals surface area (Å²) in [5, 5.41) is 3.97. The van der Waals surface area contributed by atoms with Gasteiger partial charge in [-0.3, -0.25) is 9.78 Å². The van der Waals surface area contributed by atoms with Crippen molar-refractivity contribution in [2.75, 3.05) is 12.3 Å². The van der Waals surface area contributed by atoms with Crippen molar-refractivity contribution >= 4 is 28.6 Å². The molecule has 0 aliphatic rings. The number of benzene rings is 2. The molecule has 122 valence electrons. The van der Waals surface area contributed by atoms with Crippen LogP contribution in [0.25, 0.3) is 10.9 Å². The molecule has 2 aromatic carbocycles. The van der Waals surface area contributed by atoms with Gasteiger partial charge in [0.15, 0.2) is 0 Å². The lowest BCUT2D eigenvalue weighted by Crippen LogP contribution is -2.26. The number of hydrogen-bond donors (Lipinski definition) is 1. The van der Waals surface area contributed by atoms with Crippen LogP contribution < -0.4 is 5.32 Å². The number of fused-ring (bicyclic) bond motifs is 1. The molecular formula is C20H20N2OS. The van der Waals surface area contributed by atoms with E-state index in [0.29, 0.717) is 12.1 Å². The predicted molar refractivity (Wildman–Crippen MR) is 101 cm³/mol. The van der Waals surface area contributed by atoms with Crippen molar-refractivity contribution in [1.82, 2.24) is 10.3 Å². The molecular weight excluding hydrogens is 316 g/mol. The minimum absolute atomic E-state index is 0.0600. The molecule has 0 unspecified atom stereocenters. The van der Waals surface area contributed by atoms with E-state index in [0.717, 1.165) is 22.4 Å². The standard InChI is InChI=1S/C20H20N2OS/c1-15-7-9-16(10-8-15)14-24-13-12-22-20(23)18-6-2-4-17-5-3-11-21-19(17)18/h2-11H,12-14H2,1H3,(H,22,23). The van der Waals surface area contributed by atoms with Gasteiger partial charge in [0.25, 0.3) is 5.91 Å². The average Bonchev–Trinajstić information content (AvgIpc) is 2.62. The number of carbonyl (C=O) groups excluding carboxylic acids is 1. The topological polar surface area (TPSA) is 42.0 Å². The van der Waals surface area contributed by atoms with Crippen LogP contribution in [0.2, 0.25) is 0 Å². The second kappa shape index (κ2) is 7.97. The summed E-state index contributed by atoms with van der Waals surface area (Å²) in [6.45, 7) is 2.74. The number of aromatic nitrogens is 1. The Morgan fingerprint density at radius 1 is 1.08 bits per heavy atom. The summed E-state index contributed by atoms with van der Waals surface area (Å²) in [7, 11) is 0. The van der Waals surface area contributed by atoms with E-state index in [-0.39, 0.29) is 5.91 Å². The van der Waals surface area contributed by atoms with Crippen LogP contribution in [0.5, 0.6) is 0 Å². The van der Waals surface area contributed by atoms with Gasteiger partial charge in [-0.05, 0) is 24.6 Å². The highest BCUT2D eigenvalue weighted by Gasteiger charge is 2.09. The van der Waals surface area contributed by atoms with Crippen LogP contribution in [-0.4, -0.2) is 23.2 Å². The maximum Gasteiger partial charge on any atom is 0.253 e. The minimum Gasteiger partial charge on any atom is -0.351 e. The number of pyridine rings is 1. The molecule has 3 aromatic rings. The Morgan fingerprint density at radius 2 is 1.88 bits per heavy atom. The molecule has 0 atom stereocenters. The van der Waals surface area contributed by atoms with Crippen molar-refractivity contribution in [2.24, 2.45) is 0 Å². The Balaban J connectivity index is 1.49. The van der Waals surface area contributed by atoms with Gasteiger partial charge < -0.3 is 5.32 Å². The Labute approximate surface area is 146 Å². The summed E-state index contributed by atoms with van der Waals surface area (Å²) in [6, 6.07) is 18.1. The van der Waals surface area contributed by atoms with Crippen molar-refractivity contribution < 1.29 is 4.79 Å². The second-order valence-corrected chi connectivity index (χ2v) is 6.78. The SMILES string of the molecule is Cc1ccc(CSCCNC(=O)c2cccc3cccnc23)cc1. The van der Waals surface area contributed by atoms with E-state index in [1.54, 1.807) is 6.20 Å². The van der Waals surface area contributed by atoms with E-state index >= 15 is 0 Å². The summed E-state index contributed by atoms with van der Waals surface area (Å²) < 4.78 is 0. The zero-order valence-corrected chi connectivity index (χ0v) is 14.5. The molecule has 1 aromatic heterocycles. The first kappa shape index (κ1) is 16.5. The third-order valence-corrected chi connectivity index (χ3v) is 4.83. The van der Waals surface area contributed by atoms with Crippen LogP contribution in [0.15, 0.2) is 60.8 Å². The highest BCUT2D eigenvalue weighted by atomic mass is 32.2. The van der Waals surface area contributed by atoms with Crippen LogP contribution in [-0.2, 0) is 5.75 Å². The van der Waals surface area contributed by atoms with Gasteiger partial charge in [-0.2, -0.15) is 11.8 Å². The molecule has 0 radical (unpaired) electrons. The van der Waals surface area contributed by atoms with Crippen LogP contribution in [0.4, 0.5) is 0 Å². The van der Waals surface area contributed by atoms with E-state index in [9.17, 15) is 4.79 Å². The number of thioether (sulfide) groups is 1. The number of aryl methyl sites for hydroxylation is 1. The maximum absolute atomic E-state index is 12.4. The largest absolute Gasteiger partial charge is 0.351 e. The summed E-state index contributed by atoms with van der Waals surface area (Å²) in [5.74, 6) is 1.79. The number of hydrogen-bond acceptors (Lipinski definition) is 3. The van der Waals surface area contributed by atoms with E-state index in [1.807, 2.05) is 42.1 Å². The Hall–Kier alpha value is -2.33. The molecule has 3 rings (SSSR count). The van der Waals surface area contributed by atoms with Gasteiger partial charge in [0.1, 0.15) is 0 Å². The molecule has 0 bridgehead atoms. The maximum atomic E-state index is 12.4. The zero-order valence-electron chi connectivity index (χ0n) is 13.7. The normalized spacial score (nSPS) is 10.7. The van der Waals surface area contributed by atoms with Crippen LogP contribution >= 0.6 is 11.8 Å². The third-order valence-electron chi connectivity index (χ3n) is 3.80. The van der Waals surface area contributed by atoms with E-state index in [2.05, 4.69) is 41.5 Å². The number of nitrogens with zero attached hydrogens (tertiary/aromatic N) is 1. The molecule has 0 saturated heterocycles. The molecule has 24 heavy (non-hydrogen) atoms. The van der Waals surface area contributed by atoms with Crippen LogP contribution in [0.3, 0.4) is 0 Å². The highest BCUT2D eigenvalue weighted by Crippen LogP contribution is 2.16. The van der Waals surface area contributed by atoms with Crippen molar-refractivity contribution in [3.8, 4) is 0 Å². The van der Waals surface area contributed by atoms with Gasteiger partial charge in [-0.25, -0.2) is 0 Å². The molecule has 3 nitrogen and oxygen atoms in total. The molecule has 0 saturated carbocycles. The number of carbonyl (C=O) groups is 1. The quantitative estimate of drug-likeness (QED) is 0.686. The van der Waals surface area contributed by atoms with Gasteiger partial charge in [0.2, 0.25) is 0 Å².